The van der Waals surface area contributed by atoms with Crippen LogP contribution in [0.15, 0.2) is 29.2 Å². The Morgan fingerprint density at radius 1 is 1.19 bits per heavy atom. The molecule has 2 saturated heterocycles. The van der Waals surface area contributed by atoms with Crippen molar-refractivity contribution in [2.75, 3.05) is 26.8 Å². The molecular weight excluding hydrogens is 418 g/mol. The van der Waals surface area contributed by atoms with Crippen molar-refractivity contribution in [3.05, 3.63) is 29.8 Å². The predicted octanol–water partition coefficient (Wildman–Crippen LogP) is 1.52. The number of sulfonamides is 1. The number of hydrogen-bond acceptors (Lipinski definition) is 5. The van der Waals surface area contributed by atoms with Crippen molar-refractivity contribution in [2.24, 2.45) is 11.8 Å². The predicted molar refractivity (Wildman–Crippen MR) is 115 cm³/mol. The zero-order chi connectivity index (χ0) is 22.0. The van der Waals surface area contributed by atoms with Gasteiger partial charge in [-0.15, -0.1) is 0 Å². The Hall–Kier alpha value is -1.97. The van der Waals surface area contributed by atoms with Crippen molar-refractivity contribution in [1.82, 2.24) is 14.9 Å². The number of amides is 2. The molecule has 0 spiro atoms. The number of hydrogen-bond donors (Lipinski definition) is 2. The topological polar surface area (TPSA) is 105 Å². The lowest BCUT2D eigenvalue weighted by Crippen LogP contribution is -2.56. The summed E-state index contributed by atoms with van der Waals surface area (Å²) in [5, 5.41) is 6.15. The average Bonchev–Trinajstić information content (AvgIpc) is 3.29. The fraction of sp³-hybridized carbons (Fsp3) is 0.636. The smallest absolute Gasteiger partial charge is 0.251 e. The maximum Gasteiger partial charge on any atom is 0.251 e. The summed E-state index contributed by atoms with van der Waals surface area (Å²) in [6, 6.07) is 6.19. The zero-order valence-electron chi connectivity index (χ0n) is 17.9. The van der Waals surface area contributed by atoms with Gasteiger partial charge < -0.3 is 15.4 Å². The van der Waals surface area contributed by atoms with E-state index in [2.05, 4.69) is 10.6 Å². The lowest BCUT2D eigenvalue weighted by Gasteiger charge is -2.43. The van der Waals surface area contributed by atoms with Gasteiger partial charge in [-0.1, -0.05) is 0 Å². The van der Waals surface area contributed by atoms with Gasteiger partial charge in [-0.2, -0.15) is 4.31 Å². The van der Waals surface area contributed by atoms with Gasteiger partial charge in [0, 0.05) is 50.9 Å². The molecule has 3 aliphatic rings. The Labute approximate surface area is 183 Å². The third kappa shape index (κ3) is 4.78. The van der Waals surface area contributed by atoms with E-state index in [-0.39, 0.29) is 34.7 Å². The molecule has 0 bridgehead atoms. The number of fused-ring (bicyclic) bond motifs is 1. The minimum absolute atomic E-state index is 0.0247. The minimum atomic E-state index is -3.49. The number of ether oxygens (including phenoxy) is 1. The second-order valence-corrected chi connectivity index (χ2v) is 10.8. The number of nitrogens with zero attached hydrogens (tertiary/aromatic N) is 1. The van der Waals surface area contributed by atoms with Crippen LogP contribution in [-0.4, -0.2) is 63.4 Å². The van der Waals surface area contributed by atoms with Gasteiger partial charge in [0.2, 0.25) is 15.9 Å². The van der Waals surface area contributed by atoms with Gasteiger partial charge >= 0.3 is 0 Å². The van der Waals surface area contributed by atoms with Crippen molar-refractivity contribution in [3.63, 3.8) is 0 Å². The van der Waals surface area contributed by atoms with Crippen LogP contribution in [0.4, 0.5) is 0 Å². The lowest BCUT2D eigenvalue weighted by atomic mass is 9.71. The Bertz CT molecular complexity index is 912. The highest BCUT2D eigenvalue weighted by Gasteiger charge is 2.41. The van der Waals surface area contributed by atoms with Crippen molar-refractivity contribution in [2.45, 2.75) is 55.5 Å². The van der Waals surface area contributed by atoms with E-state index in [0.717, 1.165) is 25.7 Å². The third-order valence-electron chi connectivity index (χ3n) is 6.84. The molecule has 170 valence electrons. The Morgan fingerprint density at radius 2 is 1.90 bits per heavy atom. The molecule has 0 aromatic heterocycles. The summed E-state index contributed by atoms with van der Waals surface area (Å²) < 4.78 is 32.1. The van der Waals surface area contributed by atoms with E-state index in [9.17, 15) is 18.0 Å². The van der Waals surface area contributed by atoms with Gasteiger partial charge in [-0.05, 0) is 68.2 Å². The van der Waals surface area contributed by atoms with Gasteiger partial charge in [0.1, 0.15) is 0 Å². The molecule has 0 radical (unpaired) electrons. The highest BCUT2D eigenvalue weighted by atomic mass is 32.2. The van der Waals surface area contributed by atoms with Gasteiger partial charge in [0.25, 0.3) is 5.91 Å². The molecule has 4 unspecified atom stereocenters. The third-order valence-corrected chi connectivity index (χ3v) is 8.75. The molecule has 4 rings (SSSR count). The molecule has 2 N–H and O–H groups in total. The van der Waals surface area contributed by atoms with Gasteiger partial charge in [-0.3, -0.25) is 9.59 Å². The molecule has 8 nitrogen and oxygen atoms in total. The highest BCUT2D eigenvalue weighted by Crippen LogP contribution is 2.35. The first-order chi connectivity index (χ1) is 14.9. The molecule has 1 aliphatic carbocycles. The molecule has 2 heterocycles. The van der Waals surface area contributed by atoms with E-state index in [1.54, 1.807) is 19.2 Å². The average molecular weight is 450 g/mol. The van der Waals surface area contributed by atoms with Crippen molar-refractivity contribution >= 4 is 21.8 Å². The van der Waals surface area contributed by atoms with E-state index in [0.29, 0.717) is 44.0 Å². The van der Waals surface area contributed by atoms with E-state index >= 15 is 0 Å². The summed E-state index contributed by atoms with van der Waals surface area (Å²) in [5.41, 5.74) is 0.437. The number of nitrogens with one attached hydrogen (secondary N) is 2. The van der Waals surface area contributed by atoms with Crippen LogP contribution in [0, 0.1) is 11.8 Å². The van der Waals surface area contributed by atoms with E-state index in [1.807, 2.05) is 0 Å². The second kappa shape index (κ2) is 9.26. The minimum Gasteiger partial charge on any atom is -0.384 e. The van der Waals surface area contributed by atoms with Gasteiger partial charge in [-0.25, -0.2) is 8.42 Å². The summed E-state index contributed by atoms with van der Waals surface area (Å²) in [6.45, 7) is 1.69. The second-order valence-electron chi connectivity index (χ2n) is 8.88. The van der Waals surface area contributed by atoms with Crippen LogP contribution < -0.4 is 10.6 Å². The molecule has 3 fully saturated rings. The molecule has 2 amide bonds. The summed E-state index contributed by atoms with van der Waals surface area (Å²) >= 11 is 0. The first-order valence-corrected chi connectivity index (χ1v) is 12.5. The Balaban J connectivity index is 1.37. The van der Waals surface area contributed by atoms with Gasteiger partial charge in [0.15, 0.2) is 0 Å². The molecule has 1 saturated carbocycles. The zero-order valence-corrected chi connectivity index (χ0v) is 18.7. The highest BCUT2D eigenvalue weighted by molar-refractivity contribution is 7.89. The van der Waals surface area contributed by atoms with Crippen LogP contribution in [-0.2, 0) is 19.6 Å². The molecule has 31 heavy (non-hydrogen) atoms. The lowest BCUT2D eigenvalue weighted by molar-refractivity contribution is -0.128. The maximum absolute atomic E-state index is 12.7. The Kier molecular flexibility index (Phi) is 6.64. The molecule has 2 aliphatic heterocycles. The quantitative estimate of drug-likeness (QED) is 0.685. The van der Waals surface area contributed by atoms with E-state index in [4.69, 9.17) is 4.74 Å². The molecule has 9 heteroatoms. The van der Waals surface area contributed by atoms with Crippen molar-refractivity contribution < 1.29 is 22.7 Å². The number of piperidine rings is 1. The van der Waals surface area contributed by atoms with Crippen LogP contribution in [0.1, 0.15) is 48.9 Å². The van der Waals surface area contributed by atoms with E-state index < -0.39 is 10.0 Å². The maximum atomic E-state index is 12.7. The Morgan fingerprint density at radius 3 is 2.58 bits per heavy atom. The molecular formula is C22H31N3O5S. The first kappa shape index (κ1) is 22.2. The fourth-order valence-electron chi connectivity index (χ4n) is 5.23. The summed E-state index contributed by atoms with van der Waals surface area (Å²) in [4.78, 5) is 25.0. The number of methoxy groups -OCH3 is 1. The largest absolute Gasteiger partial charge is 0.384 e. The number of carbonyl (C=O) groups excluding carboxylic acids is 2. The molecule has 1 aromatic carbocycles. The van der Waals surface area contributed by atoms with Crippen LogP contribution in [0.25, 0.3) is 0 Å². The van der Waals surface area contributed by atoms with Crippen LogP contribution in [0.2, 0.25) is 0 Å². The summed E-state index contributed by atoms with van der Waals surface area (Å²) in [7, 11) is -1.82. The molecule has 1 aromatic rings. The SMILES string of the molecule is COCC1CC(=O)NC2CC(NC(=O)c3ccc(S(=O)(=O)N4CCCC4)cc3)CCC12. The normalized spacial score (nSPS) is 29.3. The molecule has 4 atom stereocenters. The number of rotatable bonds is 6. The van der Waals surface area contributed by atoms with Crippen molar-refractivity contribution in [1.29, 1.82) is 0 Å². The number of benzene rings is 1. The monoisotopic (exact) mass is 449 g/mol. The standard InChI is InChI=1S/C22H31N3O5S/c1-30-14-16-12-21(26)24-20-13-17(6-9-19(16)20)23-22(27)15-4-7-18(8-5-15)31(28,29)25-10-2-3-11-25/h4-5,7-8,16-17,19-20H,2-3,6,9-14H2,1H3,(H,23,27)(H,24,26). The van der Waals surface area contributed by atoms with Crippen LogP contribution in [0.5, 0.6) is 0 Å². The van der Waals surface area contributed by atoms with Gasteiger partial charge in [0.05, 0.1) is 4.90 Å². The number of carbonyl (C=O) groups is 2. The van der Waals surface area contributed by atoms with Crippen LogP contribution >= 0.6 is 0 Å². The van der Waals surface area contributed by atoms with Crippen LogP contribution in [0.3, 0.4) is 0 Å². The summed E-state index contributed by atoms with van der Waals surface area (Å²) in [5.74, 6) is 0.431. The summed E-state index contributed by atoms with van der Waals surface area (Å²) in [6.07, 6.45) is 4.75. The van der Waals surface area contributed by atoms with E-state index in [1.165, 1.54) is 16.4 Å². The van der Waals surface area contributed by atoms with Crippen molar-refractivity contribution in [3.8, 4) is 0 Å². The first-order valence-electron chi connectivity index (χ1n) is 11.1. The fourth-order valence-corrected chi connectivity index (χ4v) is 6.75.